The van der Waals surface area contributed by atoms with E-state index in [0.29, 0.717) is 45.7 Å². The highest BCUT2D eigenvalue weighted by molar-refractivity contribution is 5.79. The molecule has 0 bridgehead atoms. The molecule has 0 spiro atoms. The van der Waals surface area contributed by atoms with Crippen LogP contribution in [0.4, 0.5) is 0 Å². The Bertz CT molecular complexity index is 693. The third kappa shape index (κ3) is 4.87. The lowest BCUT2D eigenvalue weighted by atomic mass is 9.96. The molecule has 0 saturated carbocycles. The predicted molar refractivity (Wildman–Crippen MR) is 106 cm³/mol. The number of nitrogens with zero attached hydrogens (tertiary/aromatic N) is 4. The Kier molecular flexibility index (Phi) is 6.99. The molecule has 1 aromatic rings. The molecule has 2 aliphatic heterocycles. The highest BCUT2D eigenvalue weighted by Gasteiger charge is 2.27. The van der Waals surface area contributed by atoms with Crippen LogP contribution in [0.2, 0.25) is 0 Å². The van der Waals surface area contributed by atoms with Crippen LogP contribution in [0.5, 0.6) is 0 Å². The van der Waals surface area contributed by atoms with Gasteiger partial charge in [0.05, 0.1) is 19.6 Å². The molecule has 1 aromatic heterocycles. The molecule has 7 heteroatoms. The number of carbonyl (C=O) groups excluding carboxylic acids is 2. The van der Waals surface area contributed by atoms with Crippen LogP contribution in [-0.2, 0) is 20.7 Å². The number of amides is 2. The maximum atomic E-state index is 12.6. The fourth-order valence-electron chi connectivity index (χ4n) is 4.07. The van der Waals surface area contributed by atoms with Gasteiger partial charge in [0, 0.05) is 55.5 Å². The Hall–Kier alpha value is -2.02. The number of morpholine rings is 1. The molecule has 2 aliphatic rings. The quantitative estimate of drug-likeness (QED) is 0.771. The second-order valence-electron chi connectivity index (χ2n) is 7.83. The van der Waals surface area contributed by atoms with E-state index in [1.807, 2.05) is 30.6 Å². The van der Waals surface area contributed by atoms with E-state index >= 15 is 0 Å². The van der Waals surface area contributed by atoms with E-state index in [2.05, 4.69) is 0 Å². The van der Waals surface area contributed by atoms with Crippen molar-refractivity contribution in [1.82, 2.24) is 19.8 Å². The number of aryl methyl sites for hydroxylation is 2. The summed E-state index contributed by atoms with van der Waals surface area (Å²) in [6.45, 7) is 10.0. The van der Waals surface area contributed by atoms with Crippen LogP contribution in [0.25, 0.3) is 0 Å². The van der Waals surface area contributed by atoms with Crippen molar-refractivity contribution in [2.45, 2.75) is 58.8 Å². The van der Waals surface area contributed by atoms with Gasteiger partial charge in [-0.05, 0) is 33.1 Å². The first-order chi connectivity index (χ1) is 13.5. The van der Waals surface area contributed by atoms with Crippen LogP contribution in [0.3, 0.4) is 0 Å². The van der Waals surface area contributed by atoms with E-state index in [9.17, 15) is 9.59 Å². The van der Waals surface area contributed by atoms with E-state index in [1.54, 1.807) is 0 Å². The van der Waals surface area contributed by atoms with Gasteiger partial charge in [-0.3, -0.25) is 9.59 Å². The Morgan fingerprint density at radius 2 is 1.71 bits per heavy atom. The summed E-state index contributed by atoms with van der Waals surface area (Å²) in [5.41, 5.74) is 2.68. The van der Waals surface area contributed by atoms with Crippen molar-refractivity contribution >= 4 is 11.8 Å². The van der Waals surface area contributed by atoms with E-state index in [0.717, 1.165) is 48.6 Å². The van der Waals surface area contributed by atoms with Gasteiger partial charge in [-0.1, -0.05) is 6.92 Å². The molecular formula is C21H32N4O3. The third-order valence-electron chi connectivity index (χ3n) is 5.73. The van der Waals surface area contributed by atoms with Gasteiger partial charge < -0.3 is 14.5 Å². The van der Waals surface area contributed by atoms with Crippen molar-refractivity contribution in [1.29, 1.82) is 0 Å². The van der Waals surface area contributed by atoms with Crippen LogP contribution < -0.4 is 0 Å². The molecule has 154 valence electrons. The molecule has 0 radical (unpaired) electrons. The molecule has 2 amide bonds. The minimum absolute atomic E-state index is 0.111. The zero-order valence-electron chi connectivity index (χ0n) is 17.4. The largest absolute Gasteiger partial charge is 0.378 e. The minimum Gasteiger partial charge on any atom is -0.378 e. The second-order valence-corrected chi connectivity index (χ2v) is 7.83. The molecule has 3 rings (SSSR count). The highest BCUT2D eigenvalue weighted by Crippen LogP contribution is 2.26. The second kappa shape index (κ2) is 9.45. The number of ether oxygens (including phenoxy) is 1. The lowest BCUT2D eigenvalue weighted by molar-refractivity contribution is -0.134. The summed E-state index contributed by atoms with van der Waals surface area (Å²) in [7, 11) is 0. The predicted octanol–water partition coefficient (Wildman–Crippen LogP) is 2.00. The van der Waals surface area contributed by atoms with Gasteiger partial charge in [0.2, 0.25) is 11.8 Å². The van der Waals surface area contributed by atoms with Crippen LogP contribution in [0, 0.1) is 13.8 Å². The van der Waals surface area contributed by atoms with Gasteiger partial charge in [0.15, 0.2) is 0 Å². The van der Waals surface area contributed by atoms with Crippen molar-refractivity contribution < 1.29 is 14.3 Å². The first-order valence-electron chi connectivity index (χ1n) is 10.5. The third-order valence-corrected chi connectivity index (χ3v) is 5.73. The van der Waals surface area contributed by atoms with Crippen LogP contribution in [0.1, 0.15) is 61.3 Å². The average Bonchev–Trinajstić information content (AvgIpc) is 2.71. The van der Waals surface area contributed by atoms with Gasteiger partial charge in [0.25, 0.3) is 0 Å². The summed E-state index contributed by atoms with van der Waals surface area (Å²) in [6.07, 6.45) is 3.80. The molecule has 2 saturated heterocycles. The molecule has 28 heavy (non-hydrogen) atoms. The maximum Gasteiger partial charge on any atom is 0.227 e. The number of rotatable bonds is 5. The van der Waals surface area contributed by atoms with Crippen molar-refractivity contribution in [2.24, 2.45) is 0 Å². The smallest absolute Gasteiger partial charge is 0.227 e. The Morgan fingerprint density at radius 1 is 1.04 bits per heavy atom. The molecule has 1 atom stereocenters. The Balaban J connectivity index is 1.70. The zero-order valence-corrected chi connectivity index (χ0v) is 17.4. The monoisotopic (exact) mass is 388 g/mol. The van der Waals surface area contributed by atoms with Crippen molar-refractivity contribution in [3.8, 4) is 0 Å². The summed E-state index contributed by atoms with van der Waals surface area (Å²) in [4.78, 5) is 38.2. The number of aromatic nitrogens is 2. The van der Waals surface area contributed by atoms with Gasteiger partial charge in [-0.2, -0.15) is 0 Å². The van der Waals surface area contributed by atoms with Gasteiger partial charge in [-0.25, -0.2) is 9.97 Å². The first-order valence-corrected chi connectivity index (χ1v) is 10.5. The number of piperidine rings is 1. The lowest BCUT2D eigenvalue weighted by Gasteiger charge is -2.32. The molecule has 2 fully saturated rings. The number of likely N-dealkylation sites (tertiary alicyclic amines) is 1. The summed E-state index contributed by atoms with van der Waals surface area (Å²) >= 11 is 0. The lowest BCUT2D eigenvalue weighted by Crippen LogP contribution is -2.41. The summed E-state index contributed by atoms with van der Waals surface area (Å²) in [6, 6.07) is 0. The number of hydrogen-bond donors (Lipinski definition) is 0. The number of hydrogen-bond acceptors (Lipinski definition) is 5. The molecule has 0 aromatic carbocycles. The summed E-state index contributed by atoms with van der Waals surface area (Å²) in [5.74, 6) is 1.33. The van der Waals surface area contributed by atoms with Crippen LogP contribution in [0.15, 0.2) is 0 Å². The molecule has 0 aliphatic carbocycles. The molecule has 0 N–H and O–H groups in total. The summed E-state index contributed by atoms with van der Waals surface area (Å²) in [5, 5.41) is 0. The van der Waals surface area contributed by atoms with Crippen molar-refractivity contribution in [3.05, 3.63) is 22.8 Å². The maximum absolute atomic E-state index is 12.6. The van der Waals surface area contributed by atoms with Crippen molar-refractivity contribution in [2.75, 3.05) is 39.4 Å². The van der Waals surface area contributed by atoms with Gasteiger partial charge in [-0.15, -0.1) is 0 Å². The SMILES string of the molecule is CCCC(=O)N1CCC[C@H](c2nc(C)c(CC(=O)N3CCOCC3)c(C)n2)C1. The molecule has 3 heterocycles. The van der Waals surface area contributed by atoms with E-state index < -0.39 is 0 Å². The van der Waals surface area contributed by atoms with Crippen LogP contribution in [-0.4, -0.2) is 71.0 Å². The zero-order chi connectivity index (χ0) is 20.1. The standard InChI is InChI=1S/C21H32N4O3/c1-4-6-19(26)25-8-5-7-17(14-25)21-22-15(2)18(16(3)23-21)13-20(27)24-9-11-28-12-10-24/h17H,4-14H2,1-3H3/t17-/m0/s1. The fraction of sp³-hybridized carbons (Fsp3) is 0.714. The topological polar surface area (TPSA) is 75.6 Å². The fourth-order valence-corrected chi connectivity index (χ4v) is 4.07. The molecular weight excluding hydrogens is 356 g/mol. The molecule has 0 unspecified atom stereocenters. The van der Waals surface area contributed by atoms with Gasteiger partial charge >= 0.3 is 0 Å². The normalized spacial score (nSPS) is 20.3. The summed E-state index contributed by atoms with van der Waals surface area (Å²) < 4.78 is 5.32. The van der Waals surface area contributed by atoms with E-state index in [4.69, 9.17) is 14.7 Å². The minimum atomic E-state index is 0.111. The van der Waals surface area contributed by atoms with E-state index in [-0.39, 0.29) is 17.7 Å². The van der Waals surface area contributed by atoms with Crippen molar-refractivity contribution in [3.63, 3.8) is 0 Å². The first kappa shape index (κ1) is 20.7. The average molecular weight is 389 g/mol. The Morgan fingerprint density at radius 3 is 2.36 bits per heavy atom. The van der Waals surface area contributed by atoms with E-state index in [1.165, 1.54) is 0 Å². The Labute approximate surface area is 167 Å². The highest BCUT2D eigenvalue weighted by atomic mass is 16.5. The number of carbonyl (C=O) groups is 2. The van der Waals surface area contributed by atoms with Gasteiger partial charge in [0.1, 0.15) is 5.82 Å². The molecule has 7 nitrogen and oxygen atoms in total. The van der Waals surface area contributed by atoms with Crippen LogP contribution >= 0.6 is 0 Å².